The van der Waals surface area contributed by atoms with Crippen LogP contribution in [-0.2, 0) is 26.3 Å². The Balaban J connectivity index is 1.25. The fraction of sp³-hybridized carbons (Fsp3) is 0.500. The van der Waals surface area contributed by atoms with Gasteiger partial charge in [-0.15, -0.1) is 0 Å². The molecule has 3 N–H and O–H groups in total. The molecule has 3 aliphatic carbocycles. The summed E-state index contributed by atoms with van der Waals surface area (Å²) in [6, 6.07) is 11.4. The molecule has 2 aromatic carbocycles. The van der Waals surface area contributed by atoms with E-state index in [0.29, 0.717) is 57.9 Å². The van der Waals surface area contributed by atoms with Gasteiger partial charge in [0.15, 0.2) is 11.4 Å². The predicted octanol–water partition coefficient (Wildman–Crippen LogP) is 5.29. The van der Waals surface area contributed by atoms with Crippen molar-refractivity contribution in [3.8, 4) is 0 Å². The minimum Gasteiger partial charge on any atom is -0.465 e. The van der Waals surface area contributed by atoms with Gasteiger partial charge in [0.05, 0.1) is 22.8 Å². The number of hydrogen-bond acceptors (Lipinski definition) is 5. The maximum absolute atomic E-state index is 15.4. The number of hydrogen-bond donors (Lipinski definition) is 3. The lowest BCUT2D eigenvalue weighted by Gasteiger charge is -2.55. The summed E-state index contributed by atoms with van der Waals surface area (Å²) in [5.41, 5.74) is -1.33. The lowest BCUT2D eigenvalue weighted by molar-refractivity contribution is -0.148. The quantitative estimate of drug-likeness (QED) is 0.400. The van der Waals surface area contributed by atoms with Gasteiger partial charge in [-0.3, -0.25) is 14.9 Å². The highest BCUT2D eigenvalue weighted by Crippen LogP contribution is 2.54. The van der Waals surface area contributed by atoms with Gasteiger partial charge in [0.2, 0.25) is 11.8 Å². The molecule has 0 aromatic heterocycles. The van der Waals surface area contributed by atoms with Gasteiger partial charge in [-0.05, 0) is 69.1 Å². The summed E-state index contributed by atoms with van der Waals surface area (Å²) in [6.07, 6.45) is 2.65. The molecule has 4 fully saturated rings. The molecule has 4 amide bonds. The summed E-state index contributed by atoms with van der Waals surface area (Å²) in [4.78, 5) is 55.5. The first-order chi connectivity index (χ1) is 21.0. The molecule has 3 saturated carbocycles. The van der Waals surface area contributed by atoms with E-state index in [-0.39, 0.29) is 41.1 Å². The third-order valence-corrected chi connectivity index (χ3v) is 10.7. The molecule has 2 bridgehead atoms. The normalized spacial score (nSPS) is 28.0. The van der Waals surface area contributed by atoms with Crippen LogP contribution in [0.15, 0.2) is 42.5 Å². The van der Waals surface area contributed by atoms with Crippen LogP contribution in [0.25, 0.3) is 0 Å². The van der Waals surface area contributed by atoms with E-state index in [1.807, 2.05) is 30.3 Å². The van der Waals surface area contributed by atoms with Crippen molar-refractivity contribution in [3.05, 3.63) is 64.4 Å². The monoisotopic (exact) mass is 626 g/mol. The lowest BCUT2D eigenvalue weighted by Crippen LogP contribution is -2.62. The maximum atomic E-state index is 15.4. The van der Waals surface area contributed by atoms with Crippen LogP contribution in [0.5, 0.6) is 0 Å². The van der Waals surface area contributed by atoms with E-state index in [0.717, 1.165) is 5.56 Å². The molecule has 44 heavy (non-hydrogen) atoms. The molecule has 5 aliphatic rings. The SMILES string of the molecule is CN(C(=O)O)C12CCC(C(=O)N[C@@H](Cc3ccccc3)C(=O)N3CCC[C@@]4(C3)OC(=O)Nc3ccc(Cl)c(F)c34)(CC1)CC2. The van der Waals surface area contributed by atoms with Crippen molar-refractivity contribution in [3.63, 3.8) is 0 Å². The highest BCUT2D eigenvalue weighted by atomic mass is 35.5. The summed E-state index contributed by atoms with van der Waals surface area (Å²) in [5, 5.41) is 15.1. The molecule has 0 radical (unpaired) electrons. The van der Waals surface area contributed by atoms with Crippen LogP contribution < -0.4 is 10.6 Å². The van der Waals surface area contributed by atoms with Gasteiger partial charge >= 0.3 is 12.2 Å². The molecule has 7 rings (SSSR count). The number of carbonyl (C=O) groups is 4. The zero-order chi connectivity index (χ0) is 31.3. The number of benzene rings is 2. The maximum Gasteiger partial charge on any atom is 0.412 e. The van der Waals surface area contributed by atoms with E-state index in [4.69, 9.17) is 16.3 Å². The van der Waals surface area contributed by atoms with E-state index in [9.17, 15) is 24.3 Å². The van der Waals surface area contributed by atoms with Gasteiger partial charge in [-0.25, -0.2) is 14.0 Å². The molecule has 2 atom stereocenters. The van der Waals surface area contributed by atoms with E-state index in [1.54, 1.807) is 11.9 Å². The minimum atomic E-state index is -1.42. The zero-order valence-electron chi connectivity index (χ0n) is 24.5. The van der Waals surface area contributed by atoms with Crippen molar-refractivity contribution in [2.75, 3.05) is 25.5 Å². The molecule has 10 nitrogen and oxygen atoms in total. The van der Waals surface area contributed by atoms with E-state index < -0.39 is 40.6 Å². The molecule has 1 saturated heterocycles. The van der Waals surface area contributed by atoms with Crippen LogP contribution in [-0.4, -0.2) is 70.6 Å². The molecule has 234 valence electrons. The molecule has 2 aliphatic heterocycles. The standard InChI is InChI=1S/C32H36ClFN4O6/c1-37(29(42)43)31-14-11-30(12-15-31,13-16-31)27(40)35-23(18-20-6-3-2-4-7-20)26(39)38-17-5-10-32(19-38)24-22(36-28(41)44-32)9-8-21(33)25(24)34/h2-4,6-9,23H,5,10-19H2,1H3,(H,35,40)(H,36,41)(H,42,43)/t23-,30?,31?,32-/m0/s1. The van der Waals surface area contributed by atoms with Crippen LogP contribution in [0.1, 0.15) is 62.5 Å². The predicted molar refractivity (Wildman–Crippen MR) is 160 cm³/mol. The van der Waals surface area contributed by atoms with Gasteiger partial charge < -0.3 is 25.0 Å². The Hall–Kier alpha value is -3.86. The van der Waals surface area contributed by atoms with E-state index >= 15 is 4.39 Å². The number of nitrogens with one attached hydrogen (secondary N) is 2. The Morgan fingerprint density at radius 1 is 1.09 bits per heavy atom. The molecule has 0 unspecified atom stereocenters. The molecule has 1 spiro atoms. The third-order valence-electron chi connectivity index (χ3n) is 10.4. The molecule has 2 heterocycles. The first kappa shape index (κ1) is 30.2. The van der Waals surface area contributed by atoms with Crippen LogP contribution in [0, 0.1) is 11.2 Å². The smallest absolute Gasteiger partial charge is 0.412 e. The summed E-state index contributed by atoms with van der Waals surface area (Å²) >= 11 is 6.12. The first-order valence-corrected chi connectivity index (χ1v) is 15.4. The number of rotatable bonds is 6. The summed E-state index contributed by atoms with van der Waals surface area (Å²) in [6.45, 7) is 0.263. The first-order valence-electron chi connectivity index (χ1n) is 15.1. The number of fused-ring (bicyclic) bond motifs is 5. The minimum absolute atomic E-state index is 0.0835. The second-order valence-corrected chi connectivity index (χ2v) is 13.1. The van der Waals surface area contributed by atoms with Crippen molar-refractivity contribution >= 4 is 41.3 Å². The fourth-order valence-corrected chi connectivity index (χ4v) is 7.91. The van der Waals surface area contributed by atoms with Gasteiger partial charge in [0.25, 0.3) is 0 Å². The van der Waals surface area contributed by atoms with Crippen LogP contribution >= 0.6 is 11.6 Å². The largest absolute Gasteiger partial charge is 0.465 e. The number of halogens is 2. The van der Waals surface area contributed by atoms with Crippen molar-refractivity contribution in [1.29, 1.82) is 0 Å². The second kappa shape index (κ2) is 11.3. The van der Waals surface area contributed by atoms with Crippen LogP contribution in [0.2, 0.25) is 5.02 Å². The van der Waals surface area contributed by atoms with Gasteiger partial charge in [-0.2, -0.15) is 0 Å². The molecule has 12 heteroatoms. The summed E-state index contributed by atoms with van der Waals surface area (Å²) in [5.74, 6) is -1.25. The number of piperidine rings is 1. The van der Waals surface area contributed by atoms with Gasteiger partial charge in [-0.1, -0.05) is 41.9 Å². The number of ether oxygens (including phenoxy) is 1. The highest BCUT2D eigenvalue weighted by molar-refractivity contribution is 6.31. The van der Waals surface area contributed by atoms with Crippen molar-refractivity contribution in [2.45, 2.75) is 75.0 Å². The van der Waals surface area contributed by atoms with E-state index in [1.165, 1.54) is 17.0 Å². The Bertz CT molecular complexity index is 1480. The van der Waals surface area contributed by atoms with Crippen LogP contribution in [0.4, 0.5) is 19.7 Å². The molecule has 2 aromatic rings. The van der Waals surface area contributed by atoms with Crippen molar-refractivity contribution < 1.29 is 33.4 Å². The topological polar surface area (TPSA) is 128 Å². The van der Waals surface area contributed by atoms with Crippen molar-refractivity contribution in [1.82, 2.24) is 15.1 Å². The number of carboxylic acid groups (broad SMARTS) is 1. The summed E-state index contributed by atoms with van der Waals surface area (Å²) in [7, 11) is 1.60. The van der Waals surface area contributed by atoms with Gasteiger partial charge in [0.1, 0.15) is 6.04 Å². The van der Waals surface area contributed by atoms with Gasteiger partial charge in [0, 0.05) is 31.0 Å². The Morgan fingerprint density at radius 3 is 2.43 bits per heavy atom. The summed E-state index contributed by atoms with van der Waals surface area (Å²) < 4.78 is 21.2. The Morgan fingerprint density at radius 2 is 1.77 bits per heavy atom. The number of carbonyl (C=O) groups excluding carboxylic acids is 3. The second-order valence-electron chi connectivity index (χ2n) is 12.7. The highest BCUT2D eigenvalue weighted by Gasteiger charge is 2.55. The lowest BCUT2D eigenvalue weighted by atomic mass is 9.56. The number of nitrogens with zero attached hydrogens (tertiary/aromatic N) is 2. The average molecular weight is 627 g/mol. The number of amides is 4. The fourth-order valence-electron chi connectivity index (χ4n) is 7.76. The van der Waals surface area contributed by atoms with Crippen LogP contribution in [0.3, 0.4) is 0 Å². The third kappa shape index (κ3) is 5.14. The molecular formula is C32H36ClFN4O6. The average Bonchev–Trinajstić information content (AvgIpc) is 3.03. The zero-order valence-corrected chi connectivity index (χ0v) is 25.3. The Kier molecular flexibility index (Phi) is 7.72. The molecular weight excluding hydrogens is 591 g/mol. The Labute approximate surface area is 259 Å². The van der Waals surface area contributed by atoms with E-state index in [2.05, 4.69) is 10.6 Å². The van der Waals surface area contributed by atoms with Crippen molar-refractivity contribution in [2.24, 2.45) is 5.41 Å². The number of likely N-dealkylation sites (tertiary alicyclic amines) is 1. The number of anilines is 1.